The first kappa shape index (κ1) is 12.9. The highest BCUT2D eigenvalue weighted by Gasteiger charge is 2.07. The van der Waals surface area contributed by atoms with Crippen molar-refractivity contribution in [2.45, 2.75) is 12.8 Å². The molecule has 0 bridgehead atoms. The summed E-state index contributed by atoms with van der Waals surface area (Å²) in [6.45, 7) is 0. The molecule has 0 aliphatic heterocycles. The van der Waals surface area contributed by atoms with Crippen molar-refractivity contribution in [3.63, 3.8) is 0 Å². The monoisotopic (exact) mass is 332 g/mol. The van der Waals surface area contributed by atoms with Crippen LogP contribution in [-0.2, 0) is 19.9 Å². The van der Waals surface area contributed by atoms with Crippen LogP contribution in [0.1, 0.15) is 11.3 Å². The summed E-state index contributed by atoms with van der Waals surface area (Å²) in [5.74, 6) is 0. The van der Waals surface area contributed by atoms with Gasteiger partial charge in [-0.25, -0.2) is 4.98 Å². The molecule has 0 fully saturated rings. The number of aryl methyl sites for hydroxylation is 3. The van der Waals surface area contributed by atoms with E-state index in [0.29, 0.717) is 10.0 Å². The van der Waals surface area contributed by atoms with Gasteiger partial charge < -0.3 is 4.57 Å². The Hall–Kier alpha value is -0.510. The molecule has 17 heavy (non-hydrogen) atoms. The Morgan fingerprint density at radius 2 is 2.06 bits per heavy atom. The lowest BCUT2D eigenvalue weighted by Gasteiger charge is -2.04. The van der Waals surface area contributed by atoms with Crippen LogP contribution in [0, 0.1) is 0 Å². The molecule has 5 heteroatoms. The van der Waals surface area contributed by atoms with Gasteiger partial charge in [0.1, 0.15) is 4.60 Å². The minimum absolute atomic E-state index is 0.665. The van der Waals surface area contributed by atoms with Gasteiger partial charge in [-0.2, -0.15) is 0 Å². The molecule has 0 amide bonds. The van der Waals surface area contributed by atoms with Gasteiger partial charge >= 0.3 is 0 Å². The number of aromatic nitrogens is 2. The van der Waals surface area contributed by atoms with Crippen molar-refractivity contribution >= 4 is 39.1 Å². The lowest BCUT2D eigenvalue weighted by atomic mass is 10.1. The Bertz CT molecular complexity index is 537. The fourth-order valence-corrected chi connectivity index (χ4v) is 2.50. The molecule has 0 atom stereocenters. The van der Waals surface area contributed by atoms with Crippen molar-refractivity contribution in [1.82, 2.24) is 9.55 Å². The lowest BCUT2D eigenvalue weighted by molar-refractivity contribution is 0.876. The summed E-state index contributed by atoms with van der Waals surface area (Å²) in [5, 5.41) is 1.38. The fraction of sp³-hybridized carbons (Fsp3) is 0.250. The summed E-state index contributed by atoms with van der Waals surface area (Å²) < 4.78 is 2.96. The highest BCUT2D eigenvalue weighted by Crippen LogP contribution is 2.23. The zero-order valence-corrected chi connectivity index (χ0v) is 12.3. The number of imidazole rings is 1. The standard InChI is InChI=1S/C12H11BrCl2N2/c1-17-7-16-11(12(17)13)5-3-8-2-4-9(14)6-10(8)15/h2,4,6-7H,3,5H2,1H3. The maximum absolute atomic E-state index is 6.12. The Morgan fingerprint density at radius 3 is 2.65 bits per heavy atom. The van der Waals surface area contributed by atoms with Crippen molar-refractivity contribution in [2.75, 3.05) is 0 Å². The maximum Gasteiger partial charge on any atom is 0.107 e. The summed E-state index contributed by atoms with van der Waals surface area (Å²) in [7, 11) is 1.95. The molecule has 0 spiro atoms. The van der Waals surface area contributed by atoms with Crippen LogP contribution >= 0.6 is 39.1 Å². The molecule has 1 aromatic carbocycles. The van der Waals surface area contributed by atoms with Crippen LogP contribution in [0.3, 0.4) is 0 Å². The van der Waals surface area contributed by atoms with E-state index in [1.54, 1.807) is 12.4 Å². The SMILES string of the molecule is Cn1cnc(CCc2ccc(Cl)cc2Cl)c1Br. The number of nitrogens with zero attached hydrogens (tertiary/aromatic N) is 2. The van der Waals surface area contributed by atoms with Gasteiger partial charge in [0, 0.05) is 17.1 Å². The van der Waals surface area contributed by atoms with Crippen LogP contribution in [0.2, 0.25) is 10.0 Å². The van der Waals surface area contributed by atoms with Crippen LogP contribution in [-0.4, -0.2) is 9.55 Å². The topological polar surface area (TPSA) is 17.8 Å². The third-order valence-corrected chi connectivity index (χ3v) is 4.18. The minimum Gasteiger partial charge on any atom is -0.328 e. The van der Waals surface area contributed by atoms with E-state index in [4.69, 9.17) is 23.2 Å². The lowest BCUT2D eigenvalue weighted by Crippen LogP contribution is -1.94. The summed E-state index contributed by atoms with van der Waals surface area (Å²) in [6.07, 6.45) is 3.50. The Kier molecular flexibility index (Phi) is 4.13. The first-order valence-corrected chi connectivity index (χ1v) is 6.72. The van der Waals surface area contributed by atoms with Crippen molar-refractivity contribution < 1.29 is 0 Å². The van der Waals surface area contributed by atoms with Gasteiger partial charge in [-0.05, 0) is 46.5 Å². The maximum atomic E-state index is 6.12. The molecule has 0 unspecified atom stereocenters. The van der Waals surface area contributed by atoms with E-state index in [1.165, 1.54) is 0 Å². The Labute approximate surface area is 119 Å². The minimum atomic E-state index is 0.665. The van der Waals surface area contributed by atoms with E-state index in [1.807, 2.05) is 23.7 Å². The van der Waals surface area contributed by atoms with Gasteiger partial charge in [0.15, 0.2) is 0 Å². The van der Waals surface area contributed by atoms with E-state index >= 15 is 0 Å². The van der Waals surface area contributed by atoms with Crippen molar-refractivity contribution in [2.24, 2.45) is 7.05 Å². The molecule has 0 aliphatic rings. The van der Waals surface area contributed by atoms with Crippen LogP contribution in [0.5, 0.6) is 0 Å². The number of hydrogen-bond acceptors (Lipinski definition) is 1. The van der Waals surface area contributed by atoms with Crippen molar-refractivity contribution in [1.29, 1.82) is 0 Å². The molecule has 0 radical (unpaired) electrons. The largest absolute Gasteiger partial charge is 0.328 e. The zero-order valence-electron chi connectivity index (χ0n) is 9.25. The van der Waals surface area contributed by atoms with Crippen molar-refractivity contribution in [3.05, 3.63) is 50.4 Å². The first-order chi connectivity index (χ1) is 8.08. The number of halogens is 3. The third-order valence-electron chi connectivity index (χ3n) is 2.58. The number of benzene rings is 1. The van der Waals surface area contributed by atoms with Crippen LogP contribution < -0.4 is 0 Å². The Balaban J connectivity index is 2.10. The Morgan fingerprint density at radius 1 is 1.29 bits per heavy atom. The summed E-state index contributed by atoms with van der Waals surface area (Å²) in [5.41, 5.74) is 2.13. The van der Waals surface area contributed by atoms with Crippen molar-refractivity contribution in [3.8, 4) is 0 Å². The van der Waals surface area contributed by atoms with Crippen LogP contribution in [0.15, 0.2) is 29.1 Å². The van der Waals surface area contributed by atoms with E-state index < -0.39 is 0 Å². The average Bonchev–Trinajstić information content (AvgIpc) is 2.59. The van der Waals surface area contributed by atoms with Crippen LogP contribution in [0.25, 0.3) is 0 Å². The predicted molar refractivity (Wildman–Crippen MR) is 74.8 cm³/mol. The molecule has 90 valence electrons. The van der Waals surface area contributed by atoms with Gasteiger partial charge in [0.05, 0.1) is 12.0 Å². The molecule has 1 heterocycles. The molecule has 0 aliphatic carbocycles. The number of hydrogen-bond donors (Lipinski definition) is 0. The number of rotatable bonds is 3. The van der Waals surface area contributed by atoms with Gasteiger partial charge in [0.25, 0.3) is 0 Å². The quantitative estimate of drug-likeness (QED) is 0.820. The van der Waals surface area contributed by atoms with E-state index in [9.17, 15) is 0 Å². The fourth-order valence-electron chi connectivity index (χ4n) is 1.61. The second-order valence-corrected chi connectivity index (χ2v) is 5.42. The molecule has 0 saturated heterocycles. The highest BCUT2D eigenvalue weighted by molar-refractivity contribution is 9.10. The molecular formula is C12H11BrCl2N2. The molecule has 2 rings (SSSR count). The van der Waals surface area contributed by atoms with Gasteiger partial charge in [-0.1, -0.05) is 29.3 Å². The summed E-state index contributed by atoms with van der Waals surface area (Å²) in [4.78, 5) is 4.32. The summed E-state index contributed by atoms with van der Waals surface area (Å²) in [6, 6.07) is 5.59. The summed E-state index contributed by atoms with van der Waals surface area (Å²) >= 11 is 15.5. The van der Waals surface area contributed by atoms with Gasteiger partial charge in [-0.3, -0.25) is 0 Å². The van der Waals surface area contributed by atoms with E-state index in [2.05, 4.69) is 20.9 Å². The molecule has 0 saturated carbocycles. The predicted octanol–water partition coefficient (Wildman–Crippen LogP) is 4.27. The van der Waals surface area contributed by atoms with Gasteiger partial charge in [-0.15, -0.1) is 0 Å². The van der Waals surface area contributed by atoms with E-state index in [-0.39, 0.29) is 0 Å². The highest BCUT2D eigenvalue weighted by atomic mass is 79.9. The second-order valence-electron chi connectivity index (χ2n) is 3.83. The molecular weight excluding hydrogens is 323 g/mol. The second kappa shape index (κ2) is 5.42. The third kappa shape index (κ3) is 3.03. The van der Waals surface area contributed by atoms with Gasteiger partial charge in [0.2, 0.25) is 0 Å². The molecule has 0 N–H and O–H groups in total. The first-order valence-electron chi connectivity index (χ1n) is 5.17. The molecule has 1 aromatic heterocycles. The average molecular weight is 334 g/mol. The smallest absolute Gasteiger partial charge is 0.107 e. The normalized spacial score (nSPS) is 10.8. The van der Waals surface area contributed by atoms with E-state index in [0.717, 1.165) is 28.7 Å². The molecule has 2 aromatic rings. The van der Waals surface area contributed by atoms with Crippen LogP contribution in [0.4, 0.5) is 0 Å². The zero-order chi connectivity index (χ0) is 12.4. The molecule has 2 nitrogen and oxygen atoms in total.